The molecule has 5 heteroatoms. The molecule has 0 fully saturated rings. The predicted molar refractivity (Wildman–Crippen MR) is 123 cm³/mol. The minimum absolute atomic E-state index is 0.0190. The lowest BCUT2D eigenvalue weighted by molar-refractivity contribution is 0.414. The van der Waals surface area contributed by atoms with Crippen molar-refractivity contribution in [1.82, 2.24) is 4.57 Å². The van der Waals surface area contributed by atoms with Crippen molar-refractivity contribution in [2.45, 2.75) is 0 Å². The molecule has 0 amide bonds. The standard InChI is InChI=1S/C24H17NO2S2/c1-27-17-12-10-16(11-13-17)25-23(21-9-5-15-29-21)22(20-8-4-14-28-20)18-6-2-3-7-19(18)24(25)26/h2-15H,1H3. The highest BCUT2D eigenvalue weighted by Crippen LogP contribution is 2.41. The quantitative estimate of drug-likeness (QED) is 0.337. The maximum absolute atomic E-state index is 13.7. The number of fused-ring (bicyclic) bond motifs is 1. The average Bonchev–Trinajstić information content (AvgIpc) is 3.48. The van der Waals surface area contributed by atoms with Gasteiger partial charge in [-0.2, -0.15) is 0 Å². The maximum Gasteiger partial charge on any atom is 0.263 e. The predicted octanol–water partition coefficient (Wildman–Crippen LogP) is 6.46. The molecule has 3 heterocycles. The molecule has 5 aromatic rings. The summed E-state index contributed by atoms with van der Waals surface area (Å²) in [5.41, 5.74) is 2.82. The van der Waals surface area contributed by atoms with Gasteiger partial charge < -0.3 is 4.74 Å². The number of hydrogen-bond acceptors (Lipinski definition) is 4. The molecule has 29 heavy (non-hydrogen) atoms. The lowest BCUT2D eigenvalue weighted by atomic mass is 10.0. The van der Waals surface area contributed by atoms with Crippen molar-refractivity contribution in [1.29, 1.82) is 0 Å². The maximum atomic E-state index is 13.7. The Hall–Kier alpha value is -3.15. The average molecular weight is 416 g/mol. The van der Waals surface area contributed by atoms with Gasteiger partial charge in [-0.15, -0.1) is 22.7 Å². The lowest BCUT2D eigenvalue weighted by Gasteiger charge is -2.19. The number of hydrogen-bond donors (Lipinski definition) is 0. The van der Waals surface area contributed by atoms with Gasteiger partial charge in [-0.25, -0.2) is 0 Å². The van der Waals surface area contributed by atoms with Gasteiger partial charge >= 0.3 is 0 Å². The van der Waals surface area contributed by atoms with Gasteiger partial charge in [-0.05, 0) is 58.6 Å². The van der Waals surface area contributed by atoms with Gasteiger partial charge in [0.2, 0.25) is 0 Å². The molecule has 0 bridgehead atoms. The molecule has 0 saturated carbocycles. The van der Waals surface area contributed by atoms with Crippen LogP contribution < -0.4 is 10.3 Å². The Bertz CT molecular complexity index is 1330. The van der Waals surface area contributed by atoms with E-state index < -0.39 is 0 Å². The molecule has 0 aliphatic heterocycles. The Kier molecular flexibility index (Phi) is 4.54. The molecule has 0 aliphatic rings. The van der Waals surface area contributed by atoms with Crippen LogP contribution >= 0.6 is 22.7 Å². The number of pyridine rings is 1. The van der Waals surface area contributed by atoms with Crippen molar-refractivity contribution in [3.05, 3.63) is 93.9 Å². The molecular formula is C24H17NO2S2. The third-order valence-corrected chi connectivity index (χ3v) is 6.71. The number of aromatic nitrogens is 1. The van der Waals surface area contributed by atoms with Gasteiger partial charge in [0.05, 0.1) is 17.7 Å². The van der Waals surface area contributed by atoms with Gasteiger partial charge in [-0.3, -0.25) is 9.36 Å². The lowest BCUT2D eigenvalue weighted by Crippen LogP contribution is -2.21. The fourth-order valence-corrected chi connectivity index (χ4v) is 5.19. The first-order chi connectivity index (χ1) is 14.3. The molecule has 3 nitrogen and oxygen atoms in total. The molecule has 0 aliphatic carbocycles. The summed E-state index contributed by atoms with van der Waals surface area (Å²) in [5.74, 6) is 0.763. The van der Waals surface area contributed by atoms with Crippen molar-refractivity contribution in [2.24, 2.45) is 0 Å². The summed E-state index contributed by atoms with van der Waals surface area (Å²) in [6, 6.07) is 23.8. The van der Waals surface area contributed by atoms with Crippen molar-refractivity contribution in [2.75, 3.05) is 7.11 Å². The molecule has 3 aromatic heterocycles. The number of thiophene rings is 2. The zero-order valence-electron chi connectivity index (χ0n) is 15.7. The molecule has 0 spiro atoms. The van der Waals surface area contributed by atoms with Crippen LogP contribution in [0, 0.1) is 0 Å². The normalized spacial score (nSPS) is 11.1. The van der Waals surface area contributed by atoms with E-state index in [0.29, 0.717) is 5.39 Å². The summed E-state index contributed by atoms with van der Waals surface area (Å²) >= 11 is 3.33. The molecule has 0 atom stereocenters. The van der Waals surface area contributed by atoms with Gasteiger partial charge in [0.15, 0.2) is 0 Å². The van der Waals surface area contributed by atoms with Gasteiger partial charge in [-0.1, -0.05) is 30.3 Å². The van der Waals surface area contributed by atoms with Crippen LogP contribution in [0.15, 0.2) is 88.4 Å². The van der Waals surface area contributed by atoms with E-state index >= 15 is 0 Å². The minimum Gasteiger partial charge on any atom is -0.497 e. The third kappa shape index (κ3) is 2.99. The third-order valence-electron chi connectivity index (χ3n) is 4.94. The summed E-state index contributed by atoms with van der Waals surface area (Å²) < 4.78 is 7.14. The van der Waals surface area contributed by atoms with Gasteiger partial charge in [0.25, 0.3) is 5.56 Å². The topological polar surface area (TPSA) is 31.2 Å². The highest BCUT2D eigenvalue weighted by molar-refractivity contribution is 7.14. The Morgan fingerprint density at radius 1 is 0.759 bits per heavy atom. The zero-order chi connectivity index (χ0) is 19.8. The molecule has 2 aromatic carbocycles. The van der Waals surface area contributed by atoms with E-state index in [1.54, 1.807) is 29.8 Å². The Labute approximate surface area is 176 Å². The fourth-order valence-electron chi connectivity index (χ4n) is 3.64. The van der Waals surface area contributed by atoms with E-state index in [-0.39, 0.29) is 5.56 Å². The number of nitrogens with zero attached hydrogens (tertiary/aromatic N) is 1. The second-order valence-corrected chi connectivity index (χ2v) is 8.46. The molecule has 0 N–H and O–H groups in total. The minimum atomic E-state index is -0.0190. The molecule has 0 radical (unpaired) electrons. The van der Waals surface area contributed by atoms with Crippen molar-refractivity contribution >= 4 is 33.4 Å². The second-order valence-electron chi connectivity index (χ2n) is 6.56. The SMILES string of the molecule is COc1ccc(-n2c(-c3cccs3)c(-c3cccs3)c3ccccc3c2=O)cc1. The molecule has 0 saturated heterocycles. The van der Waals surface area contributed by atoms with Crippen LogP contribution in [-0.4, -0.2) is 11.7 Å². The van der Waals surface area contributed by atoms with E-state index in [2.05, 4.69) is 23.6 Å². The van der Waals surface area contributed by atoms with Crippen LogP contribution in [0.5, 0.6) is 5.75 Å². The first kappa shape index (κ1) is 17.9. The Balaban J connectivity index is 1.97. The van der Waals surface area contributed by atoms with Crippen molar-refractivity contribution in [3.63, 3.8) is 0 Å². The van der Waals surface area contributed by atoms with Crippen LogP contribution in [0.1, 0.15) is 0 Å². The van der Waals surface area contributed by atoms with Crippen LogP contribution in [0.2, 0.25) is 0 Å². The van der Waals surface area contributed by atoms with E-state index in [9.17, 15) is 4.79 Å². The zero-order valence-corrected chi connectivity index (χ0v) is 17.3. The van der Waals surface area contributed by atoms with Gasteiger partial charge in [0.1, 0.15) is 5.75 Å². The highest BCUT2D eigenvalue weighted by atomic mass is 32.1. The molecule has 0 unspecified atom stereocenters. The molecule has 142 valence electrons. The van der Waals surface area contributed by atoms with Crippen LogP contribution in [0.25, 0.3) is 37.5 Å². The van der Waals surface area contributed by atoms with Gasteiger partial charge in [0, 0.05) is 21.5 Å². The van der Waals surface area contributed by atoms with Crippen LogP contribution in [-0.2, 0) is 0 Å². The van der Waals surface area contributed by atoms with Crippen molar-refractivity contribution < 1.29 is 4.74 Å². The highest BCUT2D eigenvalue weighted by Gasteiger charge is 2.21. The summed E-state index contributed by atoms with van der Waals surface area (Å²) in [7, 11) is 1.64. The second kappa shape index (κ2) is 7.35. The summed E-state index contributed by atoms with van der Waals surface area (Å²) in [6.07, 6.45) is 0. The summed E-state index contributed by atoms with van der Waals surface area (Å²) in [5, 5.41) is 5.82. The Morgan fingerprint density at radius 3 is 2.03 bits per heavy atom. The van der Waals surface area contributed by atoms with E-state index in [4.69, 9.17) is 4.74 Å². The molecule has 5 rings (SSSR count). The largest absolute Gasteiger partial charge is 0.497 e. The van der Waals surface area contributed by atoms with E-state index in [0.717, 1.165) is 37.8 Å². The molecular weight excluding hydrogens is 398 g/mol. The smallest absolute Gasteiger partial charge is 0.263 e. The Morgan fingerprint density at radius 2 is 1.41 bits per heavy atom. The summed E-state index contributed by atoms with van der Waals surface area (Å²) in [4.78, 5) is 15.9. The van der Waals surface area contributed by atoms with E-state index in [1.165, 1.54) is 0 Å². The number of rotatable bonds is 4. The monoisotopic (exact) mass is 415 g/mol. The first-order valence-corrected chi connectivity index (χ1v) is 10.9. The number of methoxy groups -OCH3 is 1. The fraction of sp³-hybridized carbons (Fsp3) is 0.0417. The van der Waals surface area contributed by atoms with Crippen molar-refractivity contribution in [3.8, 4) is 32.4 Å². The first-order valence-electron chi connectivity index (χ1n) is 9.18. The summed E-state index contributed by atoms with van der Waals surface area (Å²) in [6.45, 7) is 0. The van der Waals surface area contributed by atoms with E-state index in [1.807, 2.05) is 64.5 Å². The number of benzene rings is 2. The van der Waals surface area contributed by atoms with Crippen LogP contribution in [0.3, 0.4) is 0 Å². The number of ether oxygens (including phenoxy) is 1. The van der Waals surface area contributed by atoms with Crippen LogP contribution in [0.4, 0.5) is 0 Å².